The quantitative estimate of drug-likeness (QED) is 0.625. The maximum atomic E-state index is 6.15. The fourth-order valence-electron chi connectivity index (χ4n) is 3.98. The lowest BCUT2D eigenvalue weighted by atomic mass is 10.1. The summed E-state index contributed by atoms with van der Waals surface area (Å²) in [6.07, 6.45) is 6.78. The smallest absolute Gasteiger partial charge is 0.150 e. The summed E-state index contributed by atoms with van der Waals surface area (Å²) in [5.41, 5.74) is 2.63. The predicted molar refractivity (Wildman–Crippen MR) is 108 cm³/mol. The number of aryl methyl sites for hydroxylation is 1. The standard InChI is InChI=1S/C21H27N5O3/c1-15-8-12-27-10-4-9-25-22-14-18(23-25)21-17-13-16(29-15)6-7-19(17)26(24-21)20-5-2-3-11-28-20/h6-7,13-15,20H,2-5,8-12H2,1H3/t15-,20?/m1/s1. The van der Waals surface area contributed by atoms with E-state index in [0.717, 1.165) is 73.3 Å². The Kier molecular flexibility index (Phi) is 5.20. The van der Waals surface area contributed by atoms with Crippen LogP contribution in [0.3, 0.4) is 0 Å². The summed E-state index contributed by atoms with van der Waals surface area (Å²) >= 11 is 0. The summed E-state index contributed by atoms with van der Waals surface area (Å²) in [5.74, 6) is 0.831. The minimum absolute atomic E-state index is 0.0384. The lowest BCUT2D eigenvalue weighted by Gasteiger charge is -2.23. The highest BCUT2D eigenvalue weighted by atomic mass is 16.5. The molecule has 8 nitrogen and oxygen atoms in total. The van der Waals surface area contributed by atoms with Crippen LogP contribution in [0.15, 0.2) is 24.4 Å². The molecule has 2 aromatic heterocycles. The highest BCUT2D eigenvalue weighted by Gasteiger charge is 2.23. The lowest BCUT2D eigenvalue weighted by molar-refractivity contribution is -0.0365. The molecule has 1 aromatic carbocycles. The van der Waals surface area contributed by atoms with Gasteiger partial charge in [-0.2, -0.15) is 20.1 Å². The van der Waals surface area contributed by atoms with Gasteiger partial charge in [-0.05, 0) is 50.8 Å². The first-order chi connectivity index (χ1) is 14.3. The van der Waals surface area contributed by atoms with Crippen LogP contribution in [0.4, 0.5) is 0 Å². The molecule has 154 valence electrons. The Labute approximate surface area is 169 Å². The Morgan fingerprint density at radius 3 is 2.90 bits per heavy atom. The minimum atomic E-state index is -0.0384. The van der Waals surface area contributed by atoms with Crippen molar-refractivity contribution >= 4 is 10.9 Å². The van der Waals surface area contributed by atoms with Gasteiger partial charge in [0.2, 0.25) is 0 Å². The molecule has 0 radical (unpaired) electrons. The van der Waals surface area contributed by atoms with Gasteiger partial charge in [-0.25, -0.2) is 4.68 Å². The third kappa shape index (κ3) is 3.86. The molecule has 1 fully saturated rings. The number of aromatic nitrogens is 5. The third-order valence-corrected chi connectivity index (χ3v) is 5.54. The van der Waals surface area contributed by atoms with E-state index in [1.54, 1.807) is 11.0 Å². The fraction of sp³-hybridized carbons (Fsp3) is 0.571. The second kappa shape index (κ2) is 8.12. The van der Waals surface area contributed by atoms with Crippen LogP contribution in [-0.4, -0.2) is 50.7 Å². The first-order valence-corrected chi connectivity index (χ1v) is 10.6. The van der Waals surface area contributed by atoms with Crippen molar-refractivity contribution in [2.45, 2.75) is 57.9 Å². The molecule has 0 aliphatic carbocycles. The van der Waals surface area contributed by atoms with Crippen LogP contribution in [-0.2, 0) is 16.0 Å². The van der Waals surface area contributed by atoms with Crippen molar-refractivity contribution in [3.63, 3.8) is 0 Å². The molecule has 8 heteroatoms. The Bertz CT molecular complexity index is 976. The van der Waals surface area contributed by atoms with Crippen molar-refractivity contribution in [1.82, 2.24) is 24.8 Å². The van der Waals surface area contributed by atoms with Crippen molar-refractivity contribution in [1.29, 1.82) is 0 Å². The van der Waals surface area contributed by atoms with E-state index in [2.05, 4.69) is 29.3 Å². The topological polar surface area (TPSA) is 76.2 Å². The van der Waals surface area contributed by atoms with Gasteiger partial charge >= 0.3 is 0 Å². The fourth-order valence-corrected chi connectivity index (χ4v) is 3.98. The van der Waals surface area contributed by atoms with Crippen LogP contribution in [0, 0.1) is 0 Å². The molecule has 2 atom stereocenters. The number of fused-ring (bicyclic) bond motifs is 4. The largest absolute Gasteiger partial charge is 0.491 e. The Morgan fingerprint density at radius 2 is 2.00 bits per heavy atom. The van der Waals surface area contributed by atoms with Gasteiger partial charge in [0.25, 0.3) is 0 Å². The molecule has 3 aromatic rings. The molecule has 4 heterocycles. The summed E-state index contributed by atoms with van der Waals surface area (Å²) in [6.45, 7) is 4.95. The predicted octanol–water partition coefficient (Wildman–Crippen LogP) is 3.57. The number of rotatable bonds is 1. The average molecular weight is 397 g/mol. The van der Waals surface area contributed by atoms with E-state index < -0.39 is 0 Å². The van der Waals surface area contributed by atoms with E-state index >= 15 is 0 Å². The van der Waals surface area contributed by atoms with E-state index in [0.29, 0.717) is 13.2 Å². The number of ether oxygens (including phenoxy) is 3. The molecule has 4 bridgehead atoms. The van der Waals surface area contributed by atoms with Crippen molar-refractivity contribution in [2.24, 2.45) is 0 Å². The van der Waals surface area contributed by atoms with Gasteiger partial charge < -0.3 is 14.2 Å². The van der Waals surface area contributed by atoms with Crippen molar-refractivity contribution in [3.8, 4) is 17.1 Å². The van der Waals surface area contributed by atoms with Gasteiger partial charge in [0, 0.05) is 25.0 Å². The third-order valence-electron chi connectivity index (χ3n) is 5.54. The molecule has 0 spiro atoms. The summed E-state index contributed by atoms with van der Waals surface area (Å²) < 4.78 is 19.9. The van der Waals surface area contributed by atoms with Crippen LogP contribution in [0.2, 0.25) is 0 Å². The van der Waals surface area contributed by atoms with E-state index in [1.807, 2.05) is 10.7 Å². The zero-order valence-corrected chi connectivity index (χ0v) is 16.8. The van der Waals surface area contributed by atoms with E-state index in [9.17, 15) is 0 Å². The van der Waals surface area contributed by atoms with Crippen LogP contribution < -0.4 is 4.74 Å². The number of hydrogen-bond acceptors (Lipinski definition) is 6. The zero-order valence-electron chi connectivity index (χ0n) is 16.8. The van der Waals surface area contributed by atoms with Crippen LogP contribution in [0.25, 0.3) is 22.3 Å². The van der Waals surface area contributed by atoms with Crippen molar-refractivity contribution in [3.05, 3.63) is 24.4 Å². The maximum Gasteiger partial charge on any atom is 0.150 e. The van der Waals surface area contributed by atoms with Crippen LogP contribution in [0.5, 0.6) is 5.75 Å². The molecular formula is C21H27N5O3. The van der Waals surface area contributed by atoms with Crippen LogP contribution in [0.1, 0.15) is 45.3 Å². The molecule has 1 unspecified atom stereocenters. The molecule has 2 aliphatic heterocycles. The van der Waals surface area contributed by atoms with Gasteiger partial charge in [-0.15, -0.1) is 0 Å². The molecule has 5 rings (SSSR count). The molecule has 0 amide bonds. The summed E-state index contributed by atoms with van der Waals surface area (Å²) in [5, 5.41) is 15.0. The Hall–Kier alpha value is -2.45. The first kappa shape index (κ1) is 18.6. The average Bonchev–Trinajstić information content (AvgIpc) is 3.35. The molecule has 29 heavy (non-hydrogen) atoms. The van der Waals surface area contributed by atoms with Gasteiger partial charge in [-0.3, -0.25) is 0 Å². The van der Waals surface area contributed by atoms with Gasteiger partial charge in [-0.1, -0.05) is 0 Å². The molecule has 0 N–H and O–H groups in total. The normalized spacial score (nSPS) is 23.5. The highest BCUT2D eigenvalue weighted by Crippen LogP contribution is 2.34. The Morgan fingerprint density at radius 1 is 1.03 bits per heavy atom. The Balaban J connectivity index is 1.60. The minimum Gasteiger partial charge on any atom is -0.491 e. The van der Waals surface area contributed by atoms with Gasteiger partial charge in [0.15, 0.2) is 6.23 Å². The number of hydrogen-bond donors (Lipinski definition) is 0. The SMILES string of the molecule is C[C@@H]1CCOCCCn2ncc(n2)-c2nn(C3CCCCO3)c3ccc(cc23)O1. The molecule has 2 aliphatic rings. The second-order valence-electron chi connectivity index (χ2n) is 7.80. The van der Waals surface area contributed by atoms with Crippen molar-refractivity contribution < 1.29 is 14.2 Å². The van der Waals surface area contributed by atoms with Gasteiger partial charge in [0.05, 0.1) is 31.0 Å². The molecule has 1 saturated heterocycles. The monoisotopic (exact) mass is 397 g/mol. The van der Waals surface area contributed by atoms with Gasteiger partial charge in [0.1, 0.15) is 17.1 Å². The maximum absolute atomic E-state index is 6.15. The number of nitrogens with zero attached hydrogens (tertiary/aromatic N) is 5. The van der Waals surface area contributed by atoms with E-state index in [4.69, 9.17) is 19.3 Å². The molecule has 0 saturated carbocycles. The zero-order chi connectivity index (χ0) is 19.6. The lowest BCUT2D eigenvalue weighted by Crippen LogP contribution is -2.19. The summed E-state index contributed by atoms with van der Waals surface area (Å²) in [4.78, 5) is 1.73. The highest BCUT2D eigenvalue weighted by molar-refractivity contribution is 5.93. The van der Waals surface area contributed by atoms with E-state index in [-0.39, 0.29) is 12.3 Å². The second-order valence-corrected chi connectivity index (χ2v) is 7.80. The number of benzene rings is 1. The van der Waals surface area contributed by atoms with Crippen LogP contribution >= 0.6 is 0 Å². The van der Waals surface area contributed by atoms with E-state index in [1.165, 1.54) is 0 Å². The summed E-state index contributed by atoms with van der Waals surface area (Å²) in [6, 6.07) is 6.15. The van der Waals surface area contributed by atoms with Crippen molar-refractivity contribution in [2.75, 3.05) is 19.8 Å². The summed E-state index contributed by atoms with van der Waals surface area (Å²) in [7, 11) is 0. The first-order valence-electron chi connectivity index (χ1n) is 10.6. The molecular weight excluding hydrogens is 370 g/mol.